The van der Waals surface area contributed by atoms with Gasteiger partial charge in [-0.1, -0.05) is 19.3 Å². The van der Waals surface area contributed by atoms with Gasteiger partial charge in [-0.3, -0.25) is 9.78 Å². The minimum Gasteiger partial charge on any atom is -0.452 e. The first-order valence-electron chi connectivity index (χ1n) is 9.53. The first-order chi connectivity index (χ1) is 13.0. The number of likely N-dealkylation sites (N-methyl/N-ethyl adjacent to an activating group) is 1. The zero-order chi connectivity index (χ0) is 19.4. The lowest BCUT2D eigenvalue weighted by molar-refractivity contribution is -0.137. The molecule has 1 aliphatic carbocycles. The van der Waals surface area contributed by atoms with Gasteiger partial charge in [-0.25, -0.2) is 9.18 Å². The van der Waals surface area contributed by atoms with E-state index < -0.39 is 5.97 Å². The largest absolute Gasteiger partial charge is 0.452 e. The summed E-state index contributed by atoms with van der Waals surface area (Å²) in [5.74, 6) is -1.12. The maximum absolute atomic E-state index is 13.3. The van der Waals surface area contributed by atoms with Crippen molar-refractivity contribution in [2.75, 3.05) is 13.2 Å². The van der Waals surface area contributed by atoms with Gasteiger partial charge in [-0.15, -0.1) is 0 Å². The molecule has 6 heteroatoms. The predicted octanol–water partition coefficient (Wildman–Crippen LogP) is 4.02. The van der Waals surface area contributed by atoms with Crippen molar-refractivity contribution in [3.8, 4) is 0 Å². The highest BCUT2D eigenvalue weighted by Gasteiger charge is 2.25. The number of benzene rings is 1. The molecule has 5 nitrogen and oxygen atoms in total. The number of hydrogen-bond donors (Lipinski definition) is 0. The van der Waals surface area contributed by atoms with Crippen molar-refractivity contribution in [1.29, 1.82) is 0 Å². The van der Waals surface area contributed by atoms with Crippen LogP contribution in [0, 0.1) is 12.7 Å². The maximum Gasteiger partial charge on any atom is 0.340 e. The normalized spacial score (nSPS) is 14.9. The predicted molar refractivity (Wildman–Crippen MR) is 101 cm³/mol. The second-order valence-corrected chi connectivity index (χ2v) is 7.01. The van der Waals surface area contributed by atoms with E-state index >= 15 is 0 Å². The number of pyridine rings is 1. The molecule has 0 N–H and O–H groups in total. The van der Waals surface area contributed by atoms with E-state index in [9.17, 15) is 14.0 Å². The van der Waals surface area contributed by atoms with Gasteiger partial charge < -0.3 is 9.64 Å². The first kappa shape index (κ1) is 19.3. The van der Waals surface area contributed by atoms with Gasteiger partial charge in [0.25, 0.3) is 5.91 Å². The number of esters is 1. The molecule has 144 valence electrons. The average molecular weight is 372 g/mol. The van der Waals surface area contributed by atoms with Crippen LogP contribution >= 0.6 is 0 Å². The van der Waals surface area contributed by atoms with Crippen LogP contribution in [-0.4, -0.2) is 41.0 Å². The highest BCUT2D eigenvalue weighted by Crippen LogP contribution is 2.23. The third kappa shape index (κ3) is 4.43. The molecule has 0 radical (unpaired) electrons. The Morgan fingerprint density at radius 1 is 1.22 bits per heavy atom. The maximum atomic E-state index is 13.3. The molecule has 1 aromatic heterocycles. The molecule has 0 saturated heterocycles. The van der Waals surface area contributed by atoms with Crippen LogP contribution in [0.25, 0.3) is 10.9 Å². The van der Waals surface area contributed by atoms with E-state index in [2.05, 4.69) is 4.98 Å². The van der Waals surface area contributed by atoms with E-state index in [4.69, 9.17) is 4.74 Å². The summed E-state index contributed by atoms with van der Waals surface area (Å²) in [5, 5.41) is 0.651. The highest BCUT2D eigenvalue weighted by molar-refractivity contribution is 5.96. The summed E-state index contributed by atoms with van der Waals surface area (Å²) >= 11 is 0. The van der Waals surface area contributed by atoms with Crippen molar-refractivity contribution < 1.29 is 18.7 Å². The first-order valence-corrected chi connectivity index (χ1v) is 9.53. The second-order valence-electron chi connectivity index (χ2n) is 7.01. The Kier molecular flexibility index (Phi) is 6.04. The molecule has 0 unspecified atom stereocenters. The third-order valence-electron chi connectivity index (χ3n) is 5.19. The number of amides is 1. The summed E-state index contributed by atoms with van der Waals surface area (Å²) in [4.78, 5) is 31.1. The number of carbonyl (C=O) groups excluding carboxylic acids is 2. The zero-order valence-electron chi connectivity index (χ0n) is 15.8. The molecule has 0 bridgehead atoms. The van der Waals surface area contributed by atoms with Crippen LogP contribution < -0.4 is 0 Å². The lowest BCUT2D eigenvalue weighted by Gasteiger charge is -2.33. The third-order valence-corrected chi connectivity index (χ3v) is 5.19. The summed E-state index contributed by atoms with van der Waals surface area (Å²) in [5.41, 5.74) is 1.22. The van der Waals surface area contributed by atoms with Gasteiger partial charge in [0.05, 0.1) is 16.8 Å². The van der Waals surface area contributed by atoms with Crippen molar-refractivity contribution in [3.63, 3.8) is 0 Å². The van der Waals surface area contributed by atoms with Crippen LogP contribution in [0.5, 0.6) is 0 Å². The Bertz CT molecular complexity index is 847. The number of fused-ring (bicyclic) bond motifs is 1. The second kappa shape index (κ2) is 8.46. The lowest BCUT2D eigenvalue weighted by Crippen LogP contribution is -2.43. The standard InChI is InChI=1S/C21H25FN2O3/c1-3-24(17-7-5-4-6-8-17)20(25)13-27-21(26)18-11-15-9-10-16(22)12-19(15)23-14(18)2/h9-12,17H,3-8,13H2,1-2H3. The monoisotopic (exact) mass is 372 g/mol. The van der Waals surface area contributed by atoms with E-state index in [1.54, 1.807) is 19.1 Å². The number of aromatic nitrogens is 1. The molecule has 0 aliphatic heterocycles. The molecule has 0 spiro atoms. The summed E-state index contributed by atoms with van der Waals surface area (Å²) in [6, 6.07) is 6.09. The number of hydrogen-bond acceptors (Lipinski definition) is 4. The van der Waals surface area contributed by atoms with Crippen molar-refractivity contribution in [3.05, 3.63) is 41.3 Å². The van der Waals surface area contributed by atoms with E-state index in [-0.39, 0.29) is 24.4 Å². The van der Waals surface area contributed by atoms with Gasteiger partial charge in [0, 0.05) is 24.0 Å². The van der Waals surface area contributed by atoms with Gasteiger partial charge in [-0.2, -0.15) is 0 Å². The molecule has 1 fully saturated rings. The smallest absolute Gasteiger partial charge is 0.340 e. The molecule has 1 saturated carbocycles. The van der Waals surface area contributed by atoms with Gasteiger partial charge >= 0.3 is 5.97 Å². The topological polar surface area (TPSA) is 59.5 Å². The lowest BCUT2D eigenvalue weighted by atomic mass is 9.94. The number of ether oxygens (including phenoxy) is 1. The number of aryl methyl sites for hydroxylation is 1. The fourth-order valence-electron chi connectivity index (χ4n) is 3.76. The molecule has 1 heterocycles. The van der Waals surface area contributed by atoms with Gasteiger partial charge in [0.15, 0.2) is 6.61 Å². The molecule has 27 heavy (non-hydrogen) atoms. The number of halogens is 1. The Morgan fingerprint density at radius 3 is 2.67 bits per heavy atom. The SMILES string of the molecule is CCN(C(=O)COC(=O)c1cc2ccc(F)cc2nc1C)C1CCCCC1. The van der Waals surface area contributed by atoms with Gasteiger partial charge in [-0.05, 0) is 44.9 Å². The van der Waals surface area contributed by atoms with Crippen molar-refractivity contribution in [2.45, 2.75) is 52.0 Å². The molecule has 1 aromatic carbocycles. The summed E-state index contributed by atoms with van der Waals surface area (Å²) in [6.45, 7) is 3.96. The van der Waals surface area contributed by atoms with E-state index in [0.717, 1.165) is 25.7 Å². The van der Waals surface area contributed by atoms with Gasteiger partial charge in [0.2, 0.25) is 0 Å². The van der Waals surface area contributed by atoms with Crippen LogP contribution in [-0.2, 0) is 9.53 Å². The highest BCUT2D eigenvalue weighted by atomic mass is 19.1. The number of rotatable bonds is 5. The zero-order valence-corrected chi connectivity index (χ0v) is 15.8. The van der Waals surface area contributed by atoms with Crippen molar-refractivity contribution in [2.24, 2.45) is 0 Å². The van der Waals surface area contributed by atoms with Crippen LogP contribution in [0.3, 0.4) is 0 Å². The Hall–Kier alpha value is -2.50. The minimum absolute atomic E-state index is 0.161. The van der Waals surface area contributed by atoms with Gasteiger partial charge in [0.1, 0.15) is 5.82 Å². The number of carbonyl (C=O) groups is 2. The van der Waals surface area contributed by atoms with Crippen LogP contribution in [0.4, 0.5) is 4.39 Å². The molecular formula is C21H25FN2O3. The Labute approximate surface area is 158 Å². The van der Waals surface area contributed by atoms with Crippen LogP contribution in [0.2, 0.25) is 0 Å². The minimum atomic E-state index is -0.584. The molecule has 1 aliphatic rings. The fourth-order valence-corrected chi connectivity index (χ4v) is 3.76. The van der Waals surface area contributed by atoms with Crippen molar-refractivity contribution >= 4 is 22.8 Å². The molecule has 1 amide bonds. The van der Waals surface area contributed by atoms with Crippen LogP contribution in [0.15, 0.2) is 24.3 Å². The summed E-state index contributed by atoms with van der Waals surface area (Å²) in [6.07, 6.45) is 5.51. The van der Waals surface area contributed by atoms with Crippen molar-refractivity contribution in [1.82, 2.24) is 9.88 Å². The number of nitrogens with zero attached hydrogens (tertiary/aromatic N) is 2. The fraction of sp³-hybridized carbons (Fsp3) is 0.476. The van der Waals surface area contributed by atoms with E-state index in [1.165, 1.54) is 18.6 Å². The summed E-state index contributed by atoms with van der Waals surface area (Å²) in [7, 11) is 0. The quantitative estimate of drug-likeness (QED) is 0.744. The molecule has 3 rings (SSSR count). The molecule has 2 aromatic rings. The van der Waals surface area contributed by atoms with Crippen LogP contribution in [0.1, 0.15) is 55.1 Å². The van der Waals surface area contributed by atoms with E-state index in [0.29, 0.717) is 28.7 Å². The van der Waals surface area contributed by atoms with E-state index in [1.807, 2.05) is 11.8 Å². The Morgan fingerprint density at radius 2 is 1.96 bits per heavy atom. The average Bonchev–Trinajstić information content (AvgIpc) is 2.67. The molecular weight excluding hydrogens is 347 g/mol. The Balaban J connectivity index is 1.67. The molecule has 0 atom stereocenters. The summed E-state index contributed by atoms with van der Waals surface area (Å²) < 4.78 is 18.6.